The predicted octanol–water partition coefficient (Wildman–Crippen LogP) is 1.19. The number of hydrogen-bond donors (Lipinski definition) is 3. The van der Waals surface area contributed by atoms with Crippen molar-refractivity contribution < 1.29 is 18.4 Å². The minimum Gasteiger partial charge on any atom is -0.398 e. The summed E-state index contributed by atoms with van der Waals surface area (Å²) in [6, 6.07) is 1.42. The van der Waals surface area contributed by atoms with E-state index in [1.165, 1.54) is 0 Å². The first-order valence-corrected chi connectivity index (χ1v) is 5.94. The number of halogens is 2. The highest BCUT2D eigenvalue weighted by Gasteiger charge is 2.17. The first kappa shape index (κ1) is 15.9. The number of carbonyl (C=O) groups is 2. The number of benzene rings is 1. The molecule has 0 spiro atoms. The van der Waals surface area contributed by atoms with Gasteiger partial charge in [-0.15, -0.1) is 0 Å². The molecule has 1 rings (SSSR count). The van der Waals surface area contributed by atoms with E-state index in [2.05, 4.69) is 10.6 Å². The minimum atomic E-state index is -1.18. The molecule has 1 aromatic rings. The van der Waals surface area contributed by atoms with E-state index < -0.39 is 29.0 Å². The maximum atomic E-state index is 13.1. The van der Waals surface area contributed by atoms with Gasteiger partial charge in [0.15, 0.2) is 11.6 Å². The lowest BCUT2D eigenvalue weighted by Gasteiger charge is -2.20. The average Bonchev–Trinajstić information content (AvgIpc) is 2.28. The van der Waals surface area contributed by atoms with Crippen LogP contribution in [0.5, 0.6) is 0 Å². The van der Waals surface area contributed by atoms with Gasteiger partial charge in [-0.2, -0.15) is 0 Å². The molecule has 7 heteroatoms. The van der Waals surface area contributed by atoms with E-state index in [-0.39, 0.29) is 17.8 Å². The zero-order chi connectivity index (χ0) is 15.5. The van der Waals surface area contributed by atoms with Crippen molar-refractivity contribution in [1.82, 2.24) is 10.6 Å². The quantitative estimate of drug-likeness (QED) is 0.729. The van der Waals surface area contributed by atoms with E-state index >= 15 is 0 Å². The van der Waals surface area contributed by atoms with Gasteiger partial charge >= 0.3 is 0 Å². The molecule has 0 unspecified atom stereocenters. The molecule has 0 aromatic heterocycles. The van der Waals surface area contributed by atoms with E-state index in [1.54, 1.807) is 20.8 Å². The number of nitrogen functional groups attached to an aromatic ring is 1. The van der Waals surface area contributed by atoms with Crippen molar-refractivity contribution >= 4 is 17.5 Å². The molecule has 5 nitrogen and oxygen atoms in total. The second-order valence-corrected chi connectivity index (χ2v) is 5.33. The van der Waals surface area contributed by atoms with Crippen molar-refractivity contribution in [2.75, 3.05) is 12.3 Å². The zero-order valence-electron chi connectivity index (χ0n) is 11.5. The molecule has 110 valence electrons. The first-order valence-electron chi connectivity index (χ1n) is 5.94. The Kier molecular flexibility index (Phi) is 4.65. The number of nitrogens with two attached hydrogens (primary N) is 1. The second-order valence-electron chi connectivity index (χ2n) is 5.33. The van der Waals surface area contributed by atoms with Crippen LogP contribution in [0.4, 0.5) is 14.5 Å². The number of carbonyl (C=O) groups excluding carboxylic acids is 2. The summed E-state index contributed by atoms with van der Waals surface area (Å²) in [6.07, 6.45) is 0. The first-order chi connectivity index (χ1) is 9.10. The molecule has 0 aliphatic heterocycles. The van der Waals surface area contributed by atoms with Crippen LogP contribution < -0.4 is 16.4 Å². The molecule has 1 aromatic carbocycles. The summed E-state index contributed by atoms with van der Waals surface area (Å²) < 4.78 is 25.9. The van der Waals surface area contributed by atoms with Gasteiger partial charge in [0, 0.05) is 17.3 Å². The molecule has 0 heterocycles. The standard InChI is InChI=1S/C13H17F2N3O2/c1-13(2,3)18-11(19)6-17-12(20)7-4-8(14)9(15)5-10(7)16/h4-5H,6,16H2,1-3H3,(H,17,20)(H,18,19). The minimum absolute atomic E-state index is 0.197. The third kappa shape index (κ3) is 4.49. The molecule has 2 amide bonds. The van der Waals surface area contributed by atoms with Crippen LogP contribution in [-0.2, 0) is 4.79 Å². The van der Waals surface area contributed by atoms with Crippen LogP contribution in [-0.4, -0.2) is 23.9 Å². The van der Waals surface area contributed by atoms with Gasteiger partial charge in [0.25, 0.3) is 5.91 Å². The van der Waals surface area contributed by atoms with E-state index in [1.807, 2.05) is 0 Å². The Labute approximate surface area is 115 Å². The van der Waals surface area contributed by atoms with Crippen LogP contribution in [0.15, 0.2) is 12.1 Å². The number of rotatable bonds is 3. The fourth-order valence-corrected chi connectivity index (χ4v) is 1.48. The molecular formula is C13H17F2N3O2. The molecule has 0 saturated carbocycles. The highest BCUT2D eigenvalue weighted by Crippen LogP contribution is 2.16. The van der Waals surface area contributed by atoms with E-state index in [4.69, 9.17) is 5.73 Å². The Morgan fingerprint density at radius 1 is 1.20 bits per heavy atom. The van der Waals surface area contributed by atoms with Gasteiger partial charge in [0.2, 0.25) is 5.91 Å². The molecule has 0 bridgehead atoms. The largest absolute Gasteiger partial charge is 0.398 e. The number of hydrogen-bond acceptors (Lipinski definition) is 3. The van der Waals surface area contributed by atoms with Crippen molar-refractivity contribution in [2.24, 2.45) is 0 Å². The van der Waals surface area contributed by atoms with E-state index in [0.717, 1.165) is 6.07 Å². The van der Waals surface area contributed by atoms with Crippen molar-refractivity contribution in [2.45, 2.75) is 26.3 Å². The summed E-state index contributed by atoms with van der Waals surface area (Å²) in [7, 11) is 0. The summed E-state index contributed by atoms with van der Waals surface area (Å²) in [5, 5.41) is 4.93. The smallest absolute Gasteiger partial charge is 0.253 e. The maximum absolute atomic E-state index is 13.1. The van der Waals surface area contributed by atoms with Gasteiger partial charge in [0.1, 0.15) is 0 Å². The highest BCUT2D eigenvalue weighted by molar-refractivity contribution is 6.00. The lowest BCUT2D eigenvalue weighted by atomic mass is 10.1. The second kappa shape index (κ2) is 5.85. The summed E-state index contributed by atoms with van der Waals surface area (Å²) >= 11 is 0. The maximum Gasteiger partial charge on any atom is 0.253 e. The Morgan fingerprint density at radius 3 is 2.30 bits per heavy atom. The van der Waals surface area contributed by atoms with Crippen LogP contribution in [0, 0.1) is 11.6 Å². The topological polar surface area (TPSA) is 84.2 Å². The Bertz CT molecular complexity index is 539. The third-order valence-electron chi connectivity index (χ3n) is 2.26. The number of nitrogens with one attached hydrogen (secondary N) is 2. The monoisotopic (exact) mass is 285 g/mol. The van der Waals surface area contributed by atoms with Crippen LogP contribution in [0.3, 0.4) is 0 Å². The van der Waals surface area contributed by atoms with Crippen molar-refractivity contribution in [3.63, 3.8) is 0 Å². The fourth-order valence-electron chi connectivity index (χ4n) is 1.48. The average molecular weight is 285 g/mol. The molecule has 0 aliphatic carbocycles. The van der Waals surface area contributed by atoms with E-state index in [0.29, 0.717) is 6.07 Å². The molecule has 0 saturated heterocycles. The van der Waals surface area contributed by atoms with Crippen LogP contribution in [0.1, 0.15) is 31.1 Å². The molecule has 4 N–H and O–H groups in total. The Morgan fingerprint density at radius 2 is 1.75 bits per heavy atom. The molecule has 20 heavy (non-hydrogen) atoms. The predicted molar refractivity (Wildman–Crippen MR) is 71.0 cm³/mol. The SMILES string of the molecule is CC(C)(C)NC(=O)CNC(=O)c1cc(F)c(F)cc1N. The van der Waals surface area contributed by atoms with Gasteiger partial charge in [-0.25, -0.2) is 8.78 Å². The lowest BCUT2D eigenvalue weighted by molar-refractivity contribution is -0.121. The van der Waals surface area contributed by atoms with Gasteiger partial charge in [-0.3, -0.25) is 9.59 Å². The molecule has 0 aliphatic rings. The van der Waals surface area contributed by atoms with Gasteiger partial charge in [0.05, 0.1) is 12.1 Å². The van der Waals surface area contributed by atoms with Gasteiger partial charge < -0.3 is 16.4 Å². The fraction of sp³-hybridized carbons (Fsp3) is 0.385. The Hall–Kier alpha value is -2.18. The molecule has 0 atom stereocenters. The van der Waals surface area contributed by atoms with Gasteiger partial charge in [-0.05, 0) is 26.8 Å². The van der Waals surface area contributed by atoms with Crippen molar-refractivity contribution in [3.05, 3.63) is 29.3 Å². The van der Waals surface area contributed by atoms with Crippen molar-refractivity contribution in [1.29, 1.82) is 0 Å². The normalized spacial score (nSPS) is 11.1. The van der Waals surface area contributed by atoms with Crippen LogP contribution in [0.25, 0.3) is 0 Å². The van der Waals surface area contributed by atoms with Crippen molar-refractivity contribution in [3.8, 4) is 0 Å². The number of amides is 2. The lowest BCUT2D eigenvalue weighted by Crippen LogP contribution is -2.45. The number of anilines is 1. The molecule has 0 radical (unpaired) electrons. The zero-order valence-corrected chi connectivity index (χ0v) is 11.5. The van der Waals surface area contributed by atoms with Gasteiger partial charge in [-0.1, -0.05) is 0 Å². The summed E-state index contributed by atoms with van der Waals surface area (Å²) in [6.45, 7) is 5.09. The third-order valence-corrected chi connectivity index (χ3v) is 2.26. The summed E-state index contributed by atoms with van der Waals surface area (Å²) in [5.41, 5.74) is 4.59. The molecular weight excluding hydrogens is 268 g/mol. The highest BCUT2D eigenvalue weighted by atomic mass is 19.2. The Balaban J connectivity index is 2.69. The van der Waals surface area contributed by atoms with Crippen LogP contribution in [0.2, 0.25) is 0 Å². The summed E-state index contributed by atoms with van der Waals surface area (Å²) in [5.74, 6) is -3.45. The van der Waals surface area contributed by atoms with E-state index in [9.17, 15) is 18.4 Å². The van der Waals surface area contributed by atoms with Crippen LogP contribution >= 0.6 is 0 Å². The molecule has 0 fully saturated rings. The summed E-state index contributed by atoms with van der Waals surface area (Å²) in [4.78, 5) is 23.2.